The predicted octanol–water partition coefficient (Wildman–Crippen LogP) is 3.20. The Bertz CT molecular complexity index is 905. The third kappa shape index (κ3) is 6.23. The molecule has 0 spiro atoms. The van der Waals surface area contributed by atoms with Gasteiger partial charge in [0.2, 0.25) is 0 Å². The highest BCUT2D eigenvalue weighted by molar-refractivity contribution is 5.97. The number of carbonyl (C=O) groups is 3. The summed E-state index contributed by atoms with van der Waals surface area (Å²) in [4.78, 5) is 35.9. The topological polar surface area (TPSA) is 110 Å². The second kappa shape index (κ2) is 10.8. The summed E-state index contributed by atoms with van der Waals surface area (Å²) in [6.45, 7) is 0.188. The molecule has 1 aliphatic rings. The van der Waals surface area contributed by atoms with Crippen LogP contribution < -0.4 is 16.2 Å². The Hall–Kier alpha value is -3.55. The first-order valence-electron chi connectivity index (χ1n) is 9.94. The highest BCUT2D eigenvalue weighted by Gasteiger charge is 2.15. The number of esters is 1. The zero-order valence-corrected chi connectivity index (χ0v) is 16.6. The fourth-order valence-corrected chi connectivity index (χ4v) is 3.15. The number of furan rings is 1. The predicted molar refractivity (Wildman–Crippen MR) is 111 cm³/mol. The van der Waals surface area contributed by atoms with Crippen molar-refractivity contribution < 1.29 is 23.5 Å². The van der Waals surface area contributed by atoms with Crippen molar-refractivity contribution in [3.63, 3.8) is 0 Å². The van der Waals surface area contributed by atoms with Crippen LogP contribution >= 0.6 is 0 Å². The molecule has 0 fully saturated rings. The van der Waals surface area contributed by atoms with Crippen molar-refractivity contribution in [3.05, 3.63) is 65.6 Å². The third-order valence-electron chi connectivity index (χ3n) is 4.69. The van der Waals surface area contributed by atoms with Crippen LogP contribution in [0.25, 0.3) is 0 Å². The van der Waals surface area contributed by atoms with E-state index in [9.17, 15) is 14.4 Å². The van der Waals surface area contributed by atoms with Crippen molar-refractivity contribution in [2.24, 2.45) is 0 Å². The standard InChI is InChI=1S/C22H25N3O5/c26-20(24-25-21(27)19-11-6-14-29-19)15-30-22(28)17-9-4-5-10-18(17)23-13-12-16-7-2-1-3-8-16/h4-7,9-11,14,23H,1-3,8,12-13,15H2,(H,24,26)(H,25,27). The van der Waals surface area contributed by atoms with Crippen LogP contribution in [-0.4, -0.2) is 30.9 Å². The van der Waals surface area contributed by atoms with E-state index in [1.165, 1.54) is 30.7 Å². The smallest absolute Gasteiger partial charge is 0.340 e. The van der Waals surface area contributed by atoms with Crippen LogP contribution in [0, 0.1) is 0 Å². The summed E-state index contributed by atoms with van der Waals surface area (Å²) in [5.41, 5.74) is 6.80. The Morgan fingerprint density at radius 1 is 1.03 bits per heavy atom. The summed E-state index contributed by atoms with van der Waals surface area (Å²) < 4.78 is 9.98. The summed E-state index contributed by atoms with van der Waals surface area (Å²) in [5.74, 6) is -1.85. The molecule has 158 valence electrons. The number of ether oxygens (including phenoxy) is 1. The molecule has 0 radical (unpaired) electrons. The lowest BCUT2D eigenvalue weighted by Gasteiger charge is -2.15. The summed E-state index contributed by atoms with van der Waals surface area (Å²) in [6, 6.07) is 10.0. The Morgan fingerprint density at radius 3 is 2.67 bits per heavy atom. The lowest BCUT2D eigenvalue weighted by atomic mass is 9.97. The van der Waals surface area contributed by atoms with Crippen LogP contribution in [-0.2, 0) is 9.53 Å². The van der Waals surface area contributed by atoms with E-state index < -0.39 is 24.4 Å². The number of allylic oxidation sites excluding steroid dienone is 1. The lowest BCUT2D eigenvalue weighted by molar-refractivity contribution is -0.125. The monoisotopic (exact) mass is 411 g/mol. The number of hydrazine groups is 1. The second-order valence-electron chi connectivity index (χ2n) is 6.89. The van der Waals surface area contributed by atoms with Gasteiger partial charge in [-0.15, -0.1) is 0 Å². The molecule has 3 rings (SSSR count). The molecule has 2 amide bonds. The van der Waals surface area contributed by atoms with Crippen LogP contribution in [0.1, 0.15) is 53.0 Å². The van der Waals surface area contributed by atoms with E-state index in [2.05, 4.69) is 22.2 Å². The first-order chi connectivity index (χ1) is 14.6. The Morgan fingerprint density at radius 2 is 1.90 bits per heavy atom. The average molecular weight is 411 g/mol. The lowest BCUT2D eigenvalue weighted by Crippen LogP contribution is -2.43. The maximum Gasteiger partial charge on any atom is 0.340 e. The van der Waals surface area contributed by atoms with Crippen molar-refractivity contribution in [1.82, 2.24) is 10.9 Å². The summed E-state index contributed by atoms with van der Waals surface area (Å²) in [7, 11) is 0. The van der Waals surface area contributed by atoms with E-state index in [0.29, 0.717) is 11.3 Å². The molecule has 0 unspecified atom stereocenters. The number of anilines is 1. The fraction of sp³-hybridized carbons (Fsp3) is 0.318. The largest absolute Gasteiger partial charge is 0.459 e. The van der Waals surface area contributed by atoms with E-state index in [0.717, 1.165) is 25.8 Å². The van der Waals surface area contributed by atoms with Crippen molar-refractivity contribution in [3.8, 4) is 0 Å². The number of nitrogens with one attached hydrogen (secondary N) is 3. The summed E-state index contributed by atoms with van der Waals surface area (Å²) >= 11 is 0. The molecule has 3 N–H and O–H groups in total. The number of para-hydroxylation sites is 1. The normalized spacial score (nSPS) is 13.1. The molecule has 0 bridgehead atoms. The molecule has 30 heavy (non-hydrogen) atoms. The molecule has 1 aromatic heterocycles. The van der Waals surface area contributed by atoms with Crippen LogP contribution in [0.4, 0.5) is 5.69 Å². The van der Waals surface area contributed by atoms with Gasteiger partial charge in [-0.25, -0.2) is 4.79 Å². The molecule has 0 aliphatic heterocycles. The molecule has 0 saturated carbocycles. The van der Waals surface area contributed by atoms with E-state index in [-0.39, 0.29) is 5.76 Å². The second-order valence-corrected chi connectivity index (χ2v) is 6.89. The maximum absolute atomic E-state index is 12.4. The molecule has 1 aliphatic carbocycles. The first-order valence-corrected chi connectivity index (χ1v) is 9.94. The molecular weight excluding hydrogens is 386 g/mol. The van der Waals surface area contributed by atoms with E-state index >= 15 is 0 Å². The molecule has 0 saturated heterocycles. The Balaban J connectivity index is 1.44. The van der Waals surface area contributed by atoms with Crippen LogP contribution in [0.3, 0.4) is 0 Å². The first kappa shape index (κ1) is 21.2. The average Bonchev–Trinajstić information content (AvgIpc) is 3.32. The van der Waals surface area contributed by atoms with Crippen molar-refractivity contribution >= 4 is 23.5 Å². The minimum absolute atomic E-state index is 0.0521. The number of carbonyl (C=O) groups excluding carboxylic acids is 3. The van der Waals surface area contributed by atoms with Gasteiger partial charge in [0, 0.05) is 12.2 Å². The highest BCUT2D eigenvalue weighted by atomic mass is 16.5. The van der Waals surface area contributed by atoms with Crippen molar-refractivity contribution in [2.75, 3.05) is 18.5 Å². The van der Waals surface area contributed by atoms with Crippen molar-refractivity contribution in [2.45, 2.75) is 32.1 Å². The van der Waals surface area contributed by atoms with Gasteiger partial charge in [0.25, 0.3) is 5.91 Å². The quantitative estimate of drug-likeness (QED) is 0.350. The maximum atomic E-state index is 12.4. The van der Waals surface area contributed by atoms with E-state index in [1.54, 1.807) is 24.3 Å². The number of hydrogen-bond acceptors (Lipinski definition) is 6. The van der Waals surface area contributed by atoms with Gasteiger partial charge >= 0.3 is 11.9 Å². The number of hydrogen-bond donors (Lipinski definition) is 3. The van der Waals surface area contributed by atoms with E-state index in [4.69, 9.17) is 9.15 Å². The molecular formula is C22H25N3O5. The molecule has 0 atom stereocenters. The molecule has 1 aromatic carbocycles. The zero-order valence-electron chi connectivity index (χ0n) is 16.6. The molecule has 8 nitrogen and oxygen atoms in total. The van der Waals surface area contributed by atoms with Crippen LogP contribution in [0.2, 0.25) is 0 Å². The summed E-state index contributed by atoms with van der Waals surface area (Å²) in [6.07, 6.45) is 9.34. The SMILES string of the molecule is O=C(COC(=O)c1ccccc1NCCC1=CCCCC1)NNC(=O)c1ccco1. The molecule has 8 heteroatoms. The van der Waals surface area contributed by atoms with Gasteiger partial charge in [0.15, 0.2) is 12.4 Å². The highest BCUT2D eigenvalue weighted by Crippen LogP contribution is 2.21. The molecule has 2 aromatic rings. The van der Waals surface area contributed by atoms with E-state index in [1.807, 2.05) is 6.07 Å². The Kier molecular flexibility index (Phi) is 7.65. The van der Waals surface area contributed by atoms with Gasteiger partial charge in [0.05, 0.1) is 11.8 Å². The number of benzene rings is 1. The van der Waals surface area contributed by atoms with Crippen molar-refractivity contribution in [1.29, 1.82) is 0 Å². The molecule has 1 heterocycles. The van der Waals surface area contributed by atoms with Gasteiger partial charge in [0.1, 0.15) is 0 Å². The van der Waals surface area contributed by atoms with Gasteiger partial charge in [-0.05, 0) is 56.4 Å². The zero-order chi connectivity index (χ0) is 21.2. The Labute approximate surface area is 174 Å². The summed E-state index contributed by atoms with van der Waals surface area (Å²) in [5, 5.41) is 3.28. The third-order valence-corrected chi connectivity index (χ3v) is 4.69. The van der Waals surface area contributed by atoms with Gasteiger partial charge in [-0.3, -0.25) is 20.4 Å². The van der Waals surface area contributed by atoms with Crippen LogP contribution in [0.15, 0.2) is 58.7 Å². The number of rotatable bonds is 8. The van der Waals surface area contributed by atoms with Gasteiger partial charge in [-0.1, -0.05) is 23.8 Å². The number of amides is 2. The minimum atomic E-state index is -0.669. The van der Waals surface area contributed by atoms with Gasteiger partial charge in [-0.2, -0.15) is 0 Å². The van der Waals surface area contributed by atoms with Crippen LogP contribution in [0.5, 0.6) is 0 Å². The minimum Gasteiger partial charge on any atom is -0.459 e. The fourth-order valence-electron chi connectivity index (χ4n) is 3.15. The van der Waals surface area contributed by atoms with Gasteiger partial charge < -0.3 is 14.5 Å².